The molecule has 3 aliphatic rings. The quantitative estimate of drug-likeness (QED) is 0.900. The van der Waals surface area contributed by atoms with E-state index in [1.54, 1.807) is 30.4 Å². The number of amides is 1. The second-order valence-electron chi connectivity index (χ2n) is 6.99. The Balaban J connectivity index is 1.53. The average Bonchev–Trinajstić information content (AvgIpc) is 3.25. The van der Waals surface area contributed by atoms with Gasteiger partial charge in [-0.2, -0.15) is 5.10 Å². The zero-order chi connectivity index (χ0) is 17.5. The lowest BCUT2D eigenvalue weighted by molar-refractivity contribution is -0.125. The predicted molar refractivity (Wildman–Crippen MR) is 98.9 cm³/mol. The van der Waals surface area contributed by atoms with Gasteiger partial charge >= 0.3 is 0 Å². The third kappa shape index (κ3) is 2.61. The number of hydrogen-bond donors (Lipinski definition) is 1. The topological polar surface area (TPSA) is 69.0 Å². The van der Waals surface area contributed by atoms with Gasteiger partial charge in [0.1, 0.15) is 5.76 Å². The standard InChI is InChI=1S/C19H20N4O2S/c24-19-18-15-13(14(22-19)11-23-9-2-6-21-23)3-1-10-25-16(15)17(26-18)12-4-7-20-8-5-12/h2,4-9,13-15,18H,1,3,10-11H2,(H,22,24). The molecule has 26 heavy (non-hydrogen) atoms. The van der Waals surface area contributed by atoms with Crippen LogP contribution in [0.5, 0.6) is 0 Å². The van der Waals surface area contributed by atoms with Gasteiger partial charge in [0.15, 0.2) is 0 Å². The Morgan fingerprint density at radius 3 is 3.00 bits per heavy atom. The molecule has 7 heteroatoms. The van der Waals surface area contributed by atoms with Crippen LogP contribution in [0.25, 0.3) is 4.91 Å². The molecule has 1 N–H and O–H groups in total. The number of allylic oxidation sites excluding steroid dienone is 1. The summed E-state index contributed by atoms with van der Waals surface area (Å²) >= 11 is 1.64. The summed E-state index contributed by atoms with van der Waals surface area (Å²) < 4.78 is 8.11. The monoisotopic (exact) mass is 368 g/mol. The van der Waals surface area contributed by atoms with Gasteiger partial charge in [-0.15, -0.1) is 11.8 Å². The van der Waals surface area contributed by atoms with Crippen molar-refractivity contribution in [3.8, 4) is 0 Å². The van der Waals surface area contributed by atoms with Crippen LogP contribution >= 0.6 is 11.8 Å². The summed E-state index contributed by atoms with van der Waals surface area (Å²) in [5.41, 5.74) is 1.09. The van der Waals surface area contributed by atoms with E-state index in [1.165, 1.54) is 0 Å². The molecule has 5 heterocycles. The van der Waals surface area contributed by atoms with E-state index in [-0.39, 0.29) is 23.1 Å². The molecule has 2 aromatic heterocycles. The molecular weight excluding hydrogens is 348 g/mol. The van der Waals surface area contributed by atoms with Crippen LogP contribution in [0.2, 0.25) is 0 Å². The second-order valence-corrected chi connectivity index (χ2v) is 8.14. The summed E-state index contributed by atoms with van der Waals surface area (Å²) in [4.78, 5) is 18.1. The molecule has 1 amide bonds. The Morgan fingerprint density at radius 1 is 1.31 bits per heavy atom. The summed E-state index contributed by atoms with van der Waals surface area (Å²) in [6.07, 6.45) is 9.38. The number of aromatic nitrogens is 3. The molecule has 6 nitrogen and oxygen atoms in total. The number of carbonyl (C=O) groups excluding carboxylic acids is 1. The minimum atomic E-state index is -0.106. The van der Waals surface area contributed by atoms with Crippen LogP contribution in [-0.2, 0) is 16.1 Å². The first-order valence-corrected chi connectivity index (χ1v) is 9.91. The van der Waals surface area contributed by atoms with E-state index in [4.69, 9.17) is 4.74 Å². The van der Waals surface area contributed by atoms with Gasteiger partial charge in [-0.3, -0.25) is 14.5 Å². The summed E-state index contributed by atoms with van der Waals surface area (Å²) in [6.45, 7) is 1.42. The lowest BCUT2D eigenvalue weighted by atomic mass is 9.76. The minimum Gasteiger partial charge on any atom is -0.496 e. The molecule has 0 radical (unpaired) electrons. The highest BCUT2D eigenvalue weighted by Crippen LogP contribution is 2.54. The maximum Gasteiger partial charge on any atom is 0.234 e. The third-order valence-corrected chi connectivity index (χ3v) is 6.92. The van der Waals surface area contributed by atoms with Crippen LogP contribution in [0.4, 0.5) is 0 Å². The zero-order valence-electron chi connectivity index (χ0n) is 14.2. The smallest absolute Gasteiger partial charge is 0.234 e. The molecule has 2 fully saturated rings. The highest BCUT2D eigenvalue weighted by Gasteiger charge is 2.52. The second kappa shape index (κ2) is 6.46. The van der Waals surface area contributed by atoms with E-state index >= 15 is 0 Å². The van der Waals surface area contributed by atoms with E-state index in [9.17, 15) is 4.79 Å². The largest absolute Gasteiger partial charge is 0.496 e. The molecule has 3 aliphatic heterocycles. The molecule has 0 spiro atoms. The van der Waals surface area contributed by atoms with E-state index in [1.807, 2.05) is 29.1 Å². The van der Waals surface area contributed by atoms with Gasteiger partial charge in [0.25, 0.3) is 0 Å². The van der Waals surface area contributed by atoms with Crippen molar-refractivity contribution in [1.82, 2.24) is 20.1 Å². The first kappa shape index (κ1) is 15.9. The molecule has 134 valence electrons. The lowest BCUT2D eigenvalue weighted by Gasteiger charge is -2.39. The zero-order valence-corrected chi connectivity index (χ0v) is 15.1. The third-order valence-electron chi connectivity index (χ3n) is 5.49. The van der Waals surface area contributed by atoms with Gasteiger partial charge in [-0.25, -0.2) is 0 Å². The summed E-state index contributed by atoms with van der Waals surface area (Å²) in [5, 5.41) is 7.48. The summed E-state index contributed by atoms with van der Waals surface area (Å²) in [5.74, 6) is 1.63. The number of piperidine rings is 1. The van der Waals surface area contributed by atoms with Gasteiger partial charge in [-0.1, -0.05) is 0 Å². The number of carbonyl (C=O) groups is 1. The predicted octanol–water partition coefficient (Wildman–Crippen LogP) is 2.30. The number of ether oxygens (including phenoxy) is 1. The van der Waals surface area contributed by atoms with Gasteiger partial charge in [0.05, 0.1) is 29.3 Å². The molecule has 0 aromatic carbocycles. The van der Waals surface area contributed by atoms with Crippen LogP contribution < -0.4 is 5.32 Å². The van der Waals surface area contributed by atoms with E-state index in [0.717, 1.165) is 29.1 Å². The Kier molecular flexibility index (Phi) is 3.96. The molecule has 4 atom stereocenters. The van der Waals surface area contributed by atoms with Gasteiger partial charge in [-0.05, 0) is 42.5 Å². The molecule has 2 aromatic rings. The molecule has 4 unspecified atom stereocenters. The first-order valence-electron chi connectivity index (χ1n) is 9.03. The number of pyridine rings is 1. The SMILES string of the molecule is O=C1NC(Cn2cccn2)C2CCCOC3=C(c4ccncc4)SC1C32. The van der Waals surface area contributed by atoms with Crippen molar-refractivity contribution in [2.24, 2.45) is 11.8 Å². The van der Waals surface area contributed by atoms with Crippen molar-refractivity contribution >= 4 is 22.6 Å². The van der Waals surface area contributed by atoms with Gasteiger partial charge < -0.3 is 10.1 Å². The average molecular weight is 368 g/mol. The number of nitrogens with one attached hydrogen (secondary N) is 1. The number of hydrogen-bond acceptors (Lipinski definition) is 5. The Labute approximate surface area is 156 Å². The normalized spacial score (nSPS) is 30.4. The molecular formula is C19H20N4O2S. The highest BCUT2D eigenvalue weighted by atomic mass is 32.2. The van der Waals surface area contributed by atoms with Gasteiger partial charge in [0.2, 0.25) is 5.91 Å². The summed E-state index contributed by atoms with van der Waals surface area (Å²) in [6, 6.07) is 5.99. The van der Waals surface area contributed by atoms with Crippen molar-refractivity contribution in [2.45, 2.75) is 30.7 Å². The van der Waals surface area contributed by atoms with Gasteiger partial charge in [0, 0.05) is 30.7 Å². The number of thioether (sulfide) groups is 1. The van der Waals surface area contributed by atoms with Crippen LogP contribution in [0.15, 0.2) is 48.7 Å². The number of rotatable bonds is 3. The van der Waals surface area contributed by atoms with Crippen LogP contribution in [-0.4, -0.2) is 38.6 Å². The molecule has 2 saturated heterocycles. The highest BCUT2D eigenvalue weighted by molar-refractivity contribution is 8.09. The van der Waals surface area contributed by atoms with Crippen molar-refractivity contribution in [1.29, 1.82) is 0 Å². The van der Waals surface area contributed by atoms with Crippen molar-refractivity contribution in [3.05, 3.63) is 54.3 Å². The maximum absolute atomic E-state index is 12.9. The Hall–Kier alpha value is -2.28. The number of nitrogens with zero attached hydrogens (tertiary/aromatic N) is 3. The van der Waals surface area contributed by atoms with Crippen molar-refractivity contribution in [2.75, 3.05) is 6.61 Å². The van der Waals surface area contributed by atoms with Crippen molar-refractivity contribution < 1.29 is 9.53 Å². The fourth-order valence-corrected chi connectivity index (χ4v) is 5.84. The Bertz CT molecular complexity index is 836. The fourth-order valence-electron chi connectivity index (χ4n) is 4.35. The van der Waals surface area contributed by atoms with Crippen LogP contribution in [0.3, 0.4) is 0 Å². The molecule has 5 rings (SSSR count). The first-order chi connectivity index (χ1) is 12.8. The van der Waals surface area contributed by atoms with Crippen LogP contribution in [0, 0.1) is 11.8 Å². The molecule has 0 bridgehead atoms. The Morgan fingerprint density at radius 2 is 2.19 bits per heavy atom. The molecule has 0 saturated carbocycles. The van der Waals surface area contributed by atoms with E-state index in [0.29, 0.717) is 19.1 Å². The minimum absolute atomic E-state index is 0.0812. The van der Waals surface area contributed by atoms with E-state index in [2.05, 4.69) is 15.4 Å². The fraction of sp³-hybridized carbons (Fsp3) is 0.421. The van der Waals surface area contributed by atoms with Crippen LogP contribution in [0.1, 0.15) is 18.4 Å². The lowest BCUT2D eigenvalue weighted by Crippen LogP contribution is -2.56. The van der Waals surface area contributed by atoms with E-state index < -0.39 is 0 Å². The summed E-state index contributed by atoms with van der Waals surface area (Å²) in [7, 11) is 0. The molecule has 0 aliphatic carbocycles. The maximum atomic E-state index is 12.9. The van der Waals surface area contributed by atoms with Crippen molar-refractivity contribution in [3.63, 3.8) is 0 Å².